The van der Waals surface area contributed by atoms with Crippen molar-refractivity contribution in [1.82, 2.24) is 19.9 Å². The van der Waals surface area contributed by atoms with Crippen molar-refractivity contribution in [2.45, 2.75) is 6.92 Å². The van der Waals surface area contributed by atoms with Crippen molar-refractivity contribution in [3.63, 3.8) is 0 Å². The Bertz CT molecular complexity index is 734. The van der Waals surface area contributed by atoms with Gasteiger partial charge in [-0.05, 0) is 24.6 Å². The molecule has 90 valence electrons. The van der Waals surface area contributed by atoms with Crippen molar-refractivity contribution >= 4 is 32.9 Å². The van der Waals surface area contributed by atoms with Crippen molar-refractivity contribution in [3.8, 4) is 11.4 Å². The number of benzene rings is 1. The van der Waals surface area contributed by atoms with Crippen molar-refractivity contribution in [3.05, 3.63) is 34.6 Å². The third-order valence-corrected chi connectivity index (χ3v) is 3.64. The molecular formula is C12H10BrN5. The number of anilines is 1. The Morgan fingerprint density at radius 2 is 2.11 bits per heavy atom. The second-order valence-corrected chi connectivity index (χ2v) is 4.86. The molecule has 0 amide bonds. The second kappa shape index (κ2) is 4.06. The van der Waals surface area contributed by atoms with Crippen molar-refractivity contribution in [1.29, 1.82) is 0 Å². The van der Waals surface area contributed by atoms with E-state index in [-0.39, 0.29) is 0 Å². The summed E-state index contributed by atoms with van der Waals surface area (Å²) in [4.78, 5) is 15.6. The van der Waals surface area contributed by atoms with E-state index in [2.05, 4.69) is 35.9 Å². The number of aryl methyl sites for hydroxylation is 1. The van der Waals surface area contributed by atoms with Gasteiger partial charge in [-0.3, -0.25) is 0 Å². The van der Waals surface area contributed by atoms with E-state index in [1.165, 1.54) is 6.33 Å². The molecule has 5 nitrogen and oxygen atoms in total. The summed E-state index contributed by atoms with van der Waals surface area (Å²) in [6.45, 7) is 2.03. The number of fused-ring (bicyclic) bond motifs is 1. The minimum absolute atomic E-state index is 0.410. The van der Waals surface area contributed by atoms with E-state index in [9.17, 15) is 0 Å². The number of nitrogens with zero attached hydrogens (tertiary/aromatic N) is 3. The van der Waals surface area contributed by atoms with Gasteiger partial charge in [0.25, 0.3) is 0 Å². The molecule has 0 aliphatic carbocycles. The fraction of sp³-hybridized carbons (Fsp3) is 0.0833. The number of aromatic amines is 1. The first-order chi connectivity index (χ1) is 8.65. The van der Waals surface area contributed by atoms with Gasteiger partial charge >= 0.3 is 0 Å². The Hall–Kier alpha value is -1.95. The molecule has 6 heteroatoms. The Morgan fingerprint density at radius 3 is 2.83 bits per heavy atom. The number of H-pyrrole nitrogens is 1. The molecule has 0 unspecified atom stereocenters. The number of nitrogens with two attached hydrogens (primary N) is 1. The third-order valence-electron chi connectivity index (χ3n) is 2.75. The predicted molar refractivity (Wildman–Crippen MR) is 74.0 cm³/mol. The lowest BCUT2D eigenvalue weighted by atomic mass is 10.1. The normalized spacial score (nSPS) is 11.0. The minimum atomic E-state index is 0.410. The lowest BCUT2D eigenvalue weighted by Gasteiger charge is -2.00. The molecule has 0 radical (unpaired) electrons. The van der Waals surface area contributed by atoms with E-state index in [0.29, 0.717) is 17.0 Å². The molecule has 0 spiro atoms. The molecule has 2 heterocycles. The van der Waals surface area contributed by atoms with E-state index < -0.39 is 0 Å². The zero-order chi connectivity index (χ0) is 12.7. The molecular weight excluding hydrogens is 294 g/mol. The lowest BCUT2D eigenvalue weighted by molar-refractivity contribution is 1.21. The first kappa shape index (κ1) is 11.2. The van der Waals surface area contributed by atoms with E-state index in [1.54, 1.807) is 0 Å². The summed E-state index contributed by atoms with van der Waals surface area (Å²) in [5, 5.41) is 0. The summed E-state index contributed by atoms with van der Waals surface area (Å²) in [6.07, 6.45) is 1.41. The van der Waals surface area contributed by atoms with Crippen LogP contribution in [0.2, 0.25) is 0 Å². The molecule has 3 aromatic rings. The smallest absolute Gasteiger partial charge is 0.183 e. The molecule has 3 rings (SSSR count). The molecule has 0 aliphatic heterocycles. The first-order valence-electron chi connectivity index (χ1n) is 5.38. The van der Waals surface area contributed by atoms with Crippen LogP contribution in [0.1, 0.15) is 5.56 Å². The lowest BCUT2D eigenvalue weighted by Crippen LogP contribution is -1.91. The SMILES string of the molecule is Cc1cc(-c2nc3ncnc(N)c3[nH]2)ccc1Br. The number of hydrogen-bond acceptors (Lipinski definition) is 4. The Morgan fingerprint density at radius 1 is 1.28 bits per heavy atom. The van der Waals surface area contributed by atoms with Gasteiger partial charge in [0.2, 0.25) is 0 Å². The Kier molecular flexibility index (Phi) is 2.52. The zero-order valence-electron chi connectivity index (χ0n) is 9.61. The average Bonchev–Trinajstić information content (AvgIpc) is 2.78. The summed E-state index contributed by atoms with van der Waals surface area (Å²) in [6, 6.07) is 6.02. The number of aromatic nitrogens is 4. The summed E-state index contributed by atoms with van der Waals surface area (Å²) in [5.74, 6) is 1.15. The molecule has 0 aliphatic rings. The highest BCUT2D eigenvalue weighted by molar-refractivity contribution is 9.10. The Balaban J connectivity index is 2.19. The van der Waals surface area contributed by atoms with Gasteiger partial charge in [0.1, 0.15) is 17.7 Å². The fourth-order valence-corrected chi connectivity index (χ4v) is 2.02. The highest BCUT2D eigenvalue weighted by Crippen LogP contribution is 2.25. The summed E-state index contributed by atoms with van der Waals surface area (Å²) in [5.41, 5.74) is 9.17. The average molecular weight is 304 g/mol. The molecule has 0 fully saturated rings. The predicted octanol–water partition coefficient (Wildman–Crippen LogP) is 2.67. The highest BCUT2D eigenvalue weighted by atomic mass is 79.9. The van der Waals surface area contributed by atoms with Crippen molar-refractivity contribution < 1.29 is 0 Å². The Labute approximate surface area is 112 Å². The van der Waals surface area contributed by atoms with E-state index in [1.807, 2.05) is 25.1 Å². The molecule has 0 saturated carbocycles. The summed E-state index contributed by atoms with van der Waals surface area (Å²) in [7, 11) is 0. The number of nitrogens with one attached hydrogen (secondary N) is 1. The fourth-order valence-electron chi connectivity index (χ4n) is 1.78. The quantitative estimate of drug-likeness (QED) is 0.724. The molecule has 2 aromatic heterocycles. The highest BCUT2D eigenvalue weighted by Gasteiger charge is 2.09. The maximum Gasteiger partial charge on any atom is 0.183 e. The standard InChI is InChI=1S/C12H10BrN5/c1-6-4-7(2-3-8(6)13)11-17-9-10(14)15-5-16-12(9)18-11/h2-5H,1H3,(H3,14,15,16,17,18). The molecule has 0 saturated heterocycles. The van der Waals surface area contributed by atoms with Crippen LogP contribution < -0.4 is 5.73 Å². The van der Waals surface area contributed by atoms with E-state index in [0.717, 1.165) is 21.4 Å². The number of hydrogen-bond donors (Lipinski definition) is 2. The van der Waals surface area contributed by atoms with Crippen molar-refractivity contribution in [2.24, 2.45) is 0 Å². The second-order valence-electron chi connectivity index (χ2n) is 4.01. The van der Waals surface area contributed by atoms with Gasteiger partial charge in [-0.15, -0.1) is 0 Å². The van der Waals surface area contributed by atoms with Crippen LogP contribution >= 0.6 is 15.9 Å². The first-order valence-corrected chi connectivity index (χ1v) is 6.17. The molecule has 18 heavy (non-hydrogen) atoms. The van der Waals surface area contributed by atoms with Crippen LogP contribution in [-0.2, 0) is 0 Å². The van der Waals surface area contributed by atoms with Gasteiger partial charge in [0.05, 0.1) is 0 Å². The summed E-state index contributed by atoms with van der Waals surface area (Å²) >= 11 is 3.48. The number of rotatable bonds is 1. The molecule has 1 aromatic carbocycles. The zero-order valence-corrected chi connectivity index (χ0v) is 11.2. The van der Waals surface area contributed by atoms with E-state index in [4.69, 9.17) is 5.73 Å². The van der Waals surface area contributed by atoms with Crippen LogP contribution in [0, 0.1) is 6.92 Å². The monoisotopic (exact) mass is 303 g/mol. The van der Waals surface area contributed by atoms with Crippen LogP contribution in [0.5, 0.6) is 0 Å². The number of imidazole rings is 1. The van der Waals surface area contributed by atoms with Gasteiger partial charge in [0, 0.05) is 10.0 Å². The van der Waals surface area contributed by atoms with Gasteiger partial charge in [-0.25, -0.2) is 15.0 Å². The number of nitrogen functional groups attached to an aromatic ring is 1. The van der Waals surface area contributed by atoms with Gasteiger partial charge in [-0.2, -0.15) is 0 Å². The van der Waals surface area contributed by atoms with E-state index >= 15 is 0 Å². The van der Waals surface area contributed by atoms with Crippen LogP contribution in [0.3, 0.4) is 0 Å². The van der Waals surface area contributed by atoms with Crippen LogP contribution in [0.4, 0.5) is 5.82 Å². The van der Waals surface area contributed by atoms with Crippen LogP contribution in [0.25, 0.3) is 22.6 Å². The van der Waals surface area contributed by atoms with Crippen LogP contribution in [0.15, 0.2) is 29.0 Å². The van der Waals surface area contributed by atoms with Crippen LogP contribution in [-0.4, -0.2) is 19.9 Å². The number of halogens is 1. The van der Waals surface area contributed by atoms with Gasteiger partial charge in [-0.1, -0.05) is 22.0 Å². The summed E-state index contributed by atoms with van der Waals surface area (Å²) < 4.78 is 1.07. The largest absolute Gasteiger partial charge is 0.382 e. The molecule has 0 bridgehead atoms. The van der Waals surface area contributed by atoms with Gasteiger partial charge < -0.3 is 10.7 Å². The molecule has 0 atom stereocenters. The topological polar surface area (TPSA) is 80.5 Å². The maximum absolute atomic E-state index is 5.77. The molecule has 3 N–H and O–H groups in total. The van der Waals surface area contributed by atoms with Gasteiger partial charge in [0.15, 0.2) is 11.5 Å². The van der Waals surface area contributed by atoms with Crippen molar-refractivity contribution in [2.75, 3.05) is 5.73 Å². The minimum Gasteiger partial charge on any atom is -0.382 e. The maximum atomic E-state index is 5.77. The third kappa shape index (κ3) is 1.74.